The van der Waals surface area contributed by atoms with Gasteiger partial charge in [0.05, 0.1) is 0 Å². The summed E-state index contributed by atoms with van der Waals surface area (Å²) in [4.78, 5) is 0. The SMILES string of the molecule is NCc1cn(CCCO)c2cc(Cl)ccc12. The van der Waals surface area contributed by atoms with Crippen LogP contribution in [0.2, 0.25) is 5.02 Å². The van der Waals surface area contributed by atoms with Crippen LogP contribution in [0.3, 0.4) is 0 Å². The fraction of sp³-hybridized carbons (Fsp3) is 0.333. The number of hydrogen-bond acceptors (Lipinski definition) is 2. The molecular formula is C12H15ClN2O. The molecule has 0 unspecified atom stereocenters. The molecule has 0 bridgehead atoms. The smallest absolute Gasteiger partial charge is 0.0498 e. The summed E-state index contributed by atoms with van der Waals surface area (Å²) in [6, 6.07) is 5.81. The third kappa shape index (κ3) is 2.07. The molecule has 0 fully saturated rings. The first-order valence-corrected chi connectivity index (χ1v) is 5.72. The first kappa shape index (κ1) is 11.5. The lowest BCUT2D eigenvalue weighted by Crippen LogP contribution is -1.99. The van der Waals surface area contributed by atoms with Crippen LogP contribution in [0.25, 0.3) is 10.9 Å². The molecule has 0 saturated heterocycles. The zero-order valence-electron chi connectivity index (χ0n) is 8.99. The van der Waals surface area contributed by atoms with Crippen molar-refractivity contribution >= 4 is 22.5 Å². The molecule has 1 aromatic carbocycles. The Morgan fingerprint density at radius 3 is 2.88 bits per heavy atom. The van der Waals surface area contributed by atoms with Gasteiger partial charge < -0.3 is 15.4 Å². The van der Waals surface area contributed by atoms with Gasteiger partial charge in [-0.1, -0.05) is 17.7 Å². The predicted molar refractivity (Wildman–Crippen MR) is 66.5 cm³/mol. The summed E-state index contributed by atoms with van der Waals surface area (Å²) >= 11 is 5.98. The molecular weight excluding hydrogens is 224 g/mol. The minimum atomic E-state index is 0.193. The molecule has 3 nitrogen and oxygen atoms in total. The molecule has 1 aromatic heterocycles. The molecule has 4 heteroatoms. The Kier molecular flexibility index (Phi) is 3.49. The van der Waals surface area contributed by atoms with Gasteiger partial charge in [-0.25, -0.2) is 0 Å². The van der Waals surface area contributed by atoms with E-state index in [-0.39, 0.29) is 6.61 Å². The van der Waals surface area contributed by atoms with Crippen LogP contribution >= 0.6 is 11.6 Å². The van der Waals surface area contributed by atoms with Crippen LogP contribution in [-0.2, 0) is 13.1 Å². The highest BCUT2D eigenvalue weighted by Gasteiger charge is 2.07. The number of aliphatic hydroxyl groups is 1. The van der Waals surface area contributed by atoms with E-state index < -0.39 is 0 Å². The highest BCUT2D eigenvalue weighted by atomic mass is 35.5. The molecule has 3 N–H and O–H groups in total. The molecule has 2 aromatic rings. The molecule has 0 spiro atoms. The van der Waals surface area contributed by atoms with Gasteiger partial charge in [-0.15, -0.1) is 0 Å². The Balaban J connectivity index is 2.50. The van der Waals surface area contributed by atoms with Gasteiger partial charge in [0.2, 0.25) is 0 Å². The third-order valence-corrected chi connectivity index (χ3v) is 2.94. The van der Waals surface area contributed by atoms with Crippen LogP contribution in [-0.4, -0.2) is 16.3 Å². The average Bonchev–Trinajstić information content (AvgIpc) is 2.64. The Hall–Kier alpha value is -1.03. The molecule has 0 aliphatic rings. The number of aromatic nitrogens is 1. The zero-order chi connectivity index (χ0) is 11.5. The standard InChI is InChI=1S/C12H15ClN2O/c13-10-2-3-11-9(7-14)8-15(4-1-5-16)12(11)6-10/h2-3,6,8,16H,1,4-5,7,14H2. The Bertz CT molecular complexity index is 493. The van der Waals surface area contributed by atoms with Crippen molar-refractivity contribution in [2.45, 2.75) is 19.5 Å². The maximum absolute atomic E-state index is 8.85. The van der Waals surface area contributed by atoms with Crippen molar-refractivity contribution in [3.8, 4) is 0 Å². The summed E-state index contributed by atoms with van der Waals surface area (Å²) in [5.74, 6) is 0. The van der Waals surface area contributed by atoms with Crippen molar-refractivity contribution in [2.75, 3.05) is 6.61 Å². The van der Waals surface area contributed by atoms with Crippen molar-refractivity contribution in [2.24, 2.45) is 5.73 Å². The van der Waals surface area contributed by atoms with Crippen LogP contribution in [0, 0.1) is 0 Å². The van der Waals surface area contributed by atoms with Gasteiger partial charge in [-0.05, 0) is 24.1 Å². The summed E-state index contributed by atoms with van der Waals surface area (Å²) in [7, 11) is 0. The highest BCUT2D eigenvalue weighted by molar-refractivity contribution is 6.31. The van der Waals surface area contributed by atoms with Crippen LogP contribution in [0.5, 0.6) is 0 Å². The monoisotopic (exact) mass is 238 g/mol. The van der Waals surface area contributed by atoms with Crippen molar-refractivity contribution in [3.05, 3.63) is 35.0 Å². The van der Waals surface area contributed by atoms with E-state index in [1.165, 1.54) is 0 Å². The Labute approximate surface area is 99.4 Å². The molecule has 1 heterocycles. The fourth-order valence-electron chi connectivity index (χ4n) is 1.93. The van der Waals surface area contributed by atoms with Gasteiger partial charge in [0.1, 0.15) is 0 Å². The number of aryl methyl sites for hydroxylation is 1. The molecule has 0 radical (unpaired) electrons. The molecule has 86 valence electrons. The molecule has 0 aliphatic heterocycles. The number of benzene rings is 1. The topological polar surface area (TPSA) is 51.2 Å². The summed E-state index contributed by atoms with van der Waals surface area (Å²) < 4.78 is 2.10. The lowest BCUT2D eigenvalue weighted by Gasteiger charge is -2.03. The van der Waals surface area contributed by atoms with Gasteiger partial charge >= 0.3 is 0 Å². The van der Waals surface area contributed by atoms with E-state index >= 15 is 0 Å². The lowest BCUT2D eigenvalue weighted by atomic mass is 10.2. The maximum Gasteiger partial charge on any atom is 0.0498 e. The Morgan fingerprint density at radius 1 is 1.38 bits per heavy atom. The zero-order valence-corrected chi connectivity index (χ0v) is 9.74. The molecule has 0 aliphatic carbocycles. The predicted octanol–water partition coefficient (Wildman–Crippen LogP) is 2.14. The van der Waals surface area contributed by atoms with Crippen LogP contribution in [0.4, 0.5) is 0 Å². The minimum Gasteiger partial charge on any atom is -0.396 e. The van der Waals surface area contributed by atoms with Crippen LogP contribution in [0.15, 0.2) is 24.4 Å². The van der Waals surface area contributed by atoms with Gasteiger partial charge in [0, 0.05) is 41.8 Å². The van der Waals surface area contributed by atoms with E-state index in [1.54, 1.807) is 0 Å². The number of nitrogens with zero attached hydrogens (tertiary/aromatic N) is 1. The fourth-order valence-corrected chi connectivity index (χ4v) is 2.10. The van der Waals surface area contributed by atoms with Gasteiger partial charge in [0.15, 0.2) is 0 Å². The number of rotatable bonds is 4. The van der Waals surface area contributed by atoms with E-state index in [9.17, 15) is 0 Å². The number of hydrogen-bond donors (Lipinski definition) is 2. The largest absolute Gasteiger partial charge is 0.396 e. The average molecular weight is 239 g/mol. The van der Waals surface area contributed by atoms with Gasteiger partial charge in [0.25, 0.3) is 0 Å². The molecule has 0 saturated carbocycles. The summed E-state index contributed by atoms with van der Waals surface area (Å²) in [5.41, 5.74) is 7.90. The van der Waals surface area contributed by atoms with E-state index in [0.29, 0.717) is 6.54 Å². The van der Waals surface area contributed by atoms with E-state index in [2.05, 4.69) is 4.57 Å². The molecule has 16 heavy (non-hydrogen) atoms. The summed E-state index contributed by atoms with van der Waals surface area (Å²) in [5, 5.41) is 10.7. The summed E-state index contributed by atoms with van der Waals surface area (Å²) in [6.07, 6.45) is 2.77. The molecule has 2 rings (SSSR count). The van der Waals surface area contributed by atoms with E-state index in [0.717, 1.165) is 34.5 Å². The van der Waals surface area contributed by atoms with Gasteiger partial charge in [-0.3, -0.25) is 0 Å². The van der Waals surface area contributed by atoms with E-state index in [4.69, 9.17) is 22.4 Å². The lowest BCUT2D eigenvalue weighted by molar-refractivity contribution is 0.280. The maximum atomic E-state index is 8.85. The van der Waals surface area contributed by atoms with Crippen molar-refractivity contribution < 1.29 is 5.11 Å². The van der Waals surface area contributed by atoms with E-state index in [1.807, 2.05) is 24.4 Å². The normalized spacial score (nSPS) is 11.2. The highest BCUT2D eigenvalue weighted by Crippen LogP contribution is 2.24. The first-order chi connectivity index (χ1) is 7.76. The number of aliphatic hydroxyl groups excluding tert-OH is 1. The van der Waals surface area contributed by atoms with Crippen LogP contribution in [0.1, 0.15) is 12.0 Å². The summed E-state index contributed by atoms with van der Waals surface area (Å²) in [6.45, 7) is 1.50. The number of fused-ring (bicyclic) bond motifs is 1. The Morgan fingerprint density at radius 2 is 2.19 bits per heavy atom. The van der Waals surface area contributed by atoms with Crippen molar-refractivity contribution in [1.82, 2.24) is 4.57 Å². The second-order valence-electron chi connectivity index (χ2n) is 3.79. The van der Waals surface area contributed by atoms with Crippen molar-refractivity contribution in [1.29, 1.82) is 0 Å². The quantitative estimate of drug-likeness (QED) is 0.858. The number of halogens is 1. The third-order valence-electron chi connectivity index (χ3n) is 2.70. The van der Waals surface area contributed by atoms with Gasteiger partial charge in [-0.2, -0.15) is 0 Å². The molecule has 0 atom stereocenters. The first-order valence-electron chi connectivity index (χ1n) is 5.34. The minimum absolute atomic E-state index is 0.193. The van der Waals surface area contributed by atoms with Crippen molar-refractivity contribution in [3.63, 3.8) is 0 Å². The van der Waals surface area contributed by atoms with Crippen LogP contribution < -0.4 is 5.73 Å². The number of nitrogens with two attached hydrogens (primary N) is 1. The second kappa shape index (κ2) is 4.87. The second-order valence-corrected chi connectivity index (χ2v) is 4.23. The molecule has 0 amide bonds.